The van der Waals surface area contributed by atoms with Gasteiger partial charge in [0.05, 0.1) is 7.11 Å². The molecule has 0 aliphatic carbocycles. The summed E-state index contributed by atoms with van der Waals surface area (Å²) in [4.78, 5) is 0. The molecule has 0 aliphatic rings. The number of ether oxygens (including phenoxy) is 1. The number of nitrogens with one attached hydrogen (secondary N) is 1. The van der Waals surface area contributed by atoms with Gasteiger partial charge in [-0.05, 0) is 31.7 Å². The highest BCUT2D eigenvalue weighted by Gasteiger charge is 2.07. The molecule has 0 saturated heterocycles. The average molecular weight is 200 g/mol. The topological polar surface area (TPSA) is 21.3 Å². The van der Waals surface area contributed by atoms with Crippen LogP contribution in [0.5, 0.6) is 5.75 Å². The smallest absolute Gasteiger partial charge is 0.120 e. The lowest BCUT2D eigenvalue weighted by atomic mass is 10.1. The van der Waals surface area contributed by atoms with Crippen molar-refractivity contribution in [3.63, 3.8) is 0 Å². The Hall–Kier alpha value is -0.730. The zero-order valence-electron chi connectivity index (χ0n) is 8.10. The molecule has 2 nitrogen and oxygen atoms in total. The van der Waals surface area contributed by atoms with E-state index in [4.69, 9.17) is 16.3 Å². The summed E-state index contributed by atoms with van der Waals surface area (Å²) < 4.78 is 5.06. The molecule has 0 bridgehead atoms. The molecule has 0 amide bonds. The molecule has 0 saturated carbocycles. The number of methoxy groups -OCH3 is 1. The van der Waals surface area contributed by atoms with E-state index in [-0.39, 0.29) is 6.04 Å². The van der Waals surface area contributed by atoms with Gasteiger partial charge in [0.1, 0.15) is 5.75 Å². The minimum absolute atomic E-state index is 0.262. The molecular weight excluding hydrogens is 186 g/mol. The summed E-state index contributed by atoms with van der Waals surface area (Å²) in [5.74, 6) is 0.789. The third-order valence-corrected chi connectivity index (χ3v) is 2.43. The summed E-state index contributed by atoms with van der Waals surface area (Å²) in [5, 5.41) is 3.87. The molecular formula is C10H14ClNO. The molecule has 0 aromatic heterocycles. The fourth-order valence-corrected chi connectivity index (χ4v) is 1.48. The van der Waals surface area contributed by atoms with E-state index in [0.29, 0.717) is 0 Å². The van der Waals surface area contributed by atoms with Crippen LogP contribution in [0, 0.1) is 0 Å². The molecule has 1 aromatic carbocycles. The average Bonchev–Trinajstić information content (AvgIpc) is 2.16. The van der Waals surface area contributed by atoms with E-state index >= 15 is 0 Å². The van der Waals surface area contributed by atoms with Crippen molar-refractivity contribution >= 4 is 11.6 Å². The van der Waals surface area contributed by atoms with Crippen LogP contribution < -0.4 is 10.1 Å². The van der Waals surface area contributed by atoms with Crippen LogP contribution in [-0.2, 0) is 0 Å². The molecule has 1 unspecified atom stereocenters. The highest BCUT2D eigenvalue weighted by atomic mass is 35.5. The van der Waals surface area contributed by atoms with Crippen LogP contribution in [0.1, 0.15) is 18.5 Å². The number of benzene rings is 1. The molecule has 0 heterocycles. The second-order valence-corrected chi connectivity index (χ2v) is 3.31. The number of rotatable bonds is 3. The zero-order valence-corrected chi connectivity index (χ0v) is 8.85. The Kier molecular flexibility index (Phi) is 3.58. The van der Waals surface area contributed by atoms with E-state index < -0.39 is 0 Å². The molecule has 13 heavy (non-hydrogen) atoms. The van der Waals surface area contributed by atoms with Crippen molar-refractivity contribution in [2.24, 2.45) is 0 Å². The Bertz CT molecular complexity index is 288. The quantitative estimate of drug-likeness (QED) is 0.808. The summed E-state index contributed by atoms with van der Waals surface area (Å²) >= 11 is 6.06. The Balaban J connectivity index is 2.98. The number of halogens is 1. The maximum atomic E-state index is 6.06. The van der Waals surface area contributed by atoms with Crippen LogP contribution in [0.15, 0.2) is 18.2 Å². The van der Waals surface area contributed by atoms with Crippen LogP contribution in [0.2, 0.25) is 5.02 Å². The monoisotopic (exact) mass is 199 g/mol. The van der Waals surface area contributed by atoms with Gasteiger partial charge in [0, 0.05) is 11.1 Å². The van der Waals surface area contributed by atoms with Crippen LogP contribution in [0.3, 0.4) is 0 Å². The van der Waals surface area contributed by atoms with Crippen molar-refractivity contribution in [2.45, 2.75) is 13.0 Å². The van der Waals surface area contributed by atoms with Crippen LogP contribution >= 0.6 is 11.6 Å². The van der Waals surface area contributed by atoms with E-state index in [1.165, 1.54) is 0 Å². The van der Waals surface area contributed by atoms with Crippen LogP contribution in [0.25, 0.3) is 0 Å². The molecule has 1 aromatic rings. The second-order valence-electron chi connectivity index (χ2n) is 2.90. The van der Waals surface area contributed by atoms with Crippen LogP contribution in [-0.4, -0.2) is 14.2 Å². The molecule has 0 radical (unpaired) electrons. The van der Waals surface area contributed by atoms with E-state index in [9.17, 15) is 0 Å². The largest absolute Gasteiger partial charge is 0.497 e. The van der Waals surface area contributed by atoms with Crippen molar-refractivity contribution in [1.82, 2.24) is 5.32 Å². The van der Waals surface area contributed by atoms with Crippen molar-refractivity contribution in [3.05, 3.63) is 28.8 Å². The van der Waals surface area contributed by atoms with Crippen molar-refractivity contribution in [3.8, 4) is 5.75 Å². The van der Waals surface area contributed by atoms with Gasteiger partial charge in [-0.1, -0.05) is 17.7 Å². The van der Waals surface area contributed by atoms with Gasteiger partial charge in [0.25, 0.3) is 0 Å². The normalized spacial score (nSPS) is 12.6. The number of hydrogen-bond acceptors (Lipinski definition) is 2. The van der Waals surface area contributed by atoms with E-state index in [2.05, 4.69) is 12.2 Å². The van der Waals surface area contributed by atoms with E-state index in [1.54, 1.807) is 7.11 Å². The minimum Gasteiger partial charge on any atom is -0.497 e. The first-order valence-corrected chi connectivity index (χ1v) is 4.57. The van der Waals surface area contributed by atoms with Crippen molar-refractivity contribution in [1.29, 1.82) is 0 Å². The Labute approximate surface area is 83.9 Å². The third-order valence-electron chi connectivity index (χ3n) is 2.11. The van der Waals surface area contributed by atoms with Gasteiger partial charge < -0.3 is 10.1 Å². The SMILES string of the molecule is CNC(C)c1ccc(OC)cc1Cl. The van der Waals surface area contributed by atoms with Crippen molar-refractivity contribution in [2.75, 3.05) is 14.2 Å². The van der Waals surface area contributed by atoms with E-state index in [1.807, 2.05) is 25.2 Å². The van der Waals surface area contributed by atoms with Gasteiger partial charge >= 0.3 is 0 Å². The first kappa shape index (κ1) is 10.4. The Morgan fingerprint density at radius 2 is 2.15 bits per heavy atom. The highest BCUT2D eigenvalue weighted by molar-refractivity contribution is 6.31. The Morgan fingerprint density at radius 1 is 1.46 bits per heavy atom. The molecule has 0 aliphatic heterocycles. The minimum atomic E-state index is 0.262. The fourth-order valence-electron chi connectivity index (χ4n) is 1.14. The molecule has 3 heteroatoms. The first-order valence-electron chi connectivity index (χ1n) is 4.19. The lowest BCUT2D eigenvalue weighted by Gasteiger charge is -2.13. The summed E-state index contributed by atoms with van der Waals surface area (Å²) in [6.07, 6.45) is 0. The maximum absolute atomic E-state index is 6.06. The van der Waals surface area contributed by atoms with Gasteiger partial charge in [-0.2, -0.15) is 0 Å². The van der Waals surface area contributed by atoms with Gasteiger partial charge in [0.15, 0.2) is 0 Å². The second kappa shape index (κ2) is 4.49. The molecule has 1 atom stereocenters. The number of hydrogen-bond donors (Lipinski definition) is 1. The molecule has 0 spiro atoms. The third kappa shape index (κ3) is 2.36. The highest BCUT2D eigenvalue weighted by Crippen LogP contribution is 2.26. The molecule has 72 valence electrons. The standard InChI is InChI=1S/C10H14ClNO/c1-7(12-2)9-5-4-8(13-3)6-10(9)11/h4-7,12H,1-3H3. The van der Waals surface area contributed by atoms with E-state index in [0.717, 1.165) is 16.3 Å². The fraction of sp³-hybridized carbons (Fsp3) is 0.400. The summed E-state index contributed by atoms with van der Waals surface area (Å²) in [5.41, 5.74) is 1.09. The predicted octanol–water partition coefficient (Wildman–Crippen LogP) is 2.63. The van der Waals surface area contributed by atoms with Gasteiger partial charge in [-0.25, -0.2) is 0 Å². The van der Waals surface area contributed by atoms with Gasteiger partial charge in [-0.15, -0.1) is 0 Å². The predicted molar refractivity (Wildman–Crippen MR) is 55.5 cm³/mol. The molecule has 0 fully saturated rings. The summed E-state index contributed by atoms with van der Waals surface area (Å²) in [7, 11) is 3.54. The molecule has 1 rings (SSSR count). The molecule has 1 N–H and O–H groups in total. The lowest BCUT2D eigenvalue weighted by molar-refractivity contribution is 0.414. The summed E-state index contributed by atoms with van der Waals surface area (Å²) in [6.45, 7) is 2.06. The van der Waals surface area contributed by atoms with Gasteiger partial charge in [0.2, 0.25) is 0 Å². The van der Waals surface area contributed by atoms with Gasteiger partial charge in [-0.3, -0.25) is 0 Å². The lowest BCUT2D eigenvalue weighted by Crippen LogP contribution is -2.12. The van der Waals surface area contributed by atoms with Crippen molar-refractivity contribution < 1.29 is 4.74 Å². The zero-order chi connectivity index (χ0) is 9.84. The summed E-state index contributed by atoms with van der Waals surface area (Å²) in [6, 6.07) is 5.97. The first-order chi connectivity index (χ1) is 6.19. The Morgan fingerprint density at radius 3 is 2.62 bits per heavy atom. The van der Waals surface area contributed by atoms with Crippen LogP contribution in [0.4, 0.5) is 0 Å². The maximum Gasteiger partial charge on any atom is 0.120 e.